The van der Waals surface area contributed by atoms with E-state index < -0.39 is 23.1 Å². The van der Waals surface area contributed by atoms with Crippen molar-refractivity contribution in [2.75, 3.05) is 0 Å². The van der Waals surface area contributed by atoms with Crippen LogP contribution in [0.4, 0.5) is 11.4 Å². The molecule has 0 saturated carbocycles. The van der Waals surface area contributed by atoms with Gasteiger partial charge < -0.3 is 5.21 Å². The number of rotatable bonds is 4. The molecule has 126 valence electrons. The van der Waals surface area contributed by atoms with Crippen molar-refractivity contribution < 1.29 is 20.0 Å². The summed E-state index contributed by atoms with van der Waals surface area (Å²) in [6, 6.07) is 4.65. The summed E-state index contributed by atoms with van der Waals surface area (Å²) in [7, 11) is 0. The molecule has 1 aliphatic rings. The summed E-state index contributed by atoms with van der Waals surface area (Å²) >= 11 is 4.94. The van der Waals surface area contributed by atoms with E-state index in [2.05, 4.69) is 20.6 Å². The van der Waals surface area contributed by atoms with Crippen molar-refractivity contribution in [3.05, 3.63) is 29.5 Å². The molecule has 0 aliphatic carbocycles. The Kier molecular flexibility index (Phi) is 5.41. The molecule has 0 spiro atoms. The van der Waals surface area contributed by atoms with E-state index in [1.807, 2.05) is 0 Å². The van der Waals surface area contributed by atoms with Crippen molar-refractivity contribution >= 4 is 46.2 Å². The number of aliphatic imine (C=N–C) groups is 1. The highest BCUT2D eigenvalue weighted by atomic mass is 32.1. The number of benzene rings is 1. The van der Waals surface area contributed by atoms with Gasteiger partial charge in [0.15, 0.2) is 11.7 Å². The van der Waals surface area contributed by atoms with Gasteiger partial charge in [-0.05, 0) is 31.3 Å². The first kappa shape index (κ1) is 17.7. The molecule has 24 heavy (non-hydrogen) atoms. The molecule has 0 aromatic heterocycles. The van der Waals surface area contributed by atoms with Crippen molar-refractivity contribution in [3.63, 3.8) is 0 Å². The largest absolute Gasteiger partial charge is 0.595 e. The predicted octanol–water partition coefficient (Wildman–Crippen LogP) is 0.181. The number of thiocarbonyl (C=S) groups is 1. The standard InChI is InChI=1S/C13H14N6O4S/c1-7-11(12(21)18(13(24)14-7)17-8(2)20)16-15-9-3-5-10(6-4-9)19(22)23/h3-6,11,19,22H,1-2H3,(H,17,20)/t11-/m1/s1. The minimum Gasteiger partial charge on any atom is -0.595 e. The van der Waals surface area contributed by atoms with E-state index in [0.29, 0.717) is 11.4 Å². The van der Waals surface area contributed by atoms with Gasteiger partial charge in [-0.2, -0.15) is 20.5 Å². The van der Waals surface area contributed by atoms with Gasteiger partial charge in [-0.1, -0.05) is 0 Å². The van der Waals surface area contributed by atoms with Crippen molar-refractivity contribution in [3.8, 4) is 0 Å². The molecule has 0 bridgehead atoms. The zero-order valence-electron chi connectivity index (χ0n) is 12.8. The number of quaternary nitrogens is 1. The summed E-state index contributed by atoms with van der Waals surface area (Å²) in [5.74, 6) is -1.05. The number of amides is 2. The maximum Gasteiger partial charge on any atom is 0.280 e. The third-order valence-electron chi connectivity index (χ3n) is 2.99. The lowest BCUT2D eigenvalue weighted by atomic mass is 10.1. The highest BCUT2D eigenvalue weighted by Crippen LogP contribution is 2.17. The molecule has 1 heterocycles. The number of nitrogens with one attached hydrogen (secondary N) is 2. The number of hydrazine groups is 1. The Hall–Kier alpha value is -2.60. The van der Waals surface area contributed by atoms with Gasteiger partial charge in [0.25, 0.3) is 5.91 Å². The third-order valence-corrected chi connectivity index (χ3v) is 3.26. The Bertz CT molecular complexity index is 730. The van der Waals surface area contributed by atoms with Crippen LogP contribution in [0.25, 0.3) is 0 Å². The van der Waals surface area contributed by atoms with Crippen LogP contribution in [0.3, 0.4) is 0 Å². The summed E-state index contributed by atoms with van der Waals surface area (Å²) in [4.78, 5) is 27.5. The first-order chi connectivity index (χ1) is 11.3. The Morgan fingerprint density at radius 3 is 2.62 bits per heavy atom. The second-order valence-electron chi connectivity index (χ2n) is 4.85. The average Bonchev–Trinajstić information content (AvgIpc) is 2.51. The molecule has 2 rings (SSSR count). The van der Waals surface area contributed by atoms with Crippen molar-refractivity contribution in [2.45, 2.75) is 19.9 Å². The molecule has 11 heteroatoms. The van der Waals surface area contributed by atoms with Crippen LogP contribution in [0.5, 0.6) is 0 Å². The minimum absolute atomic E-state index is 0.0787. The lowest BCUT2D eigenvalue weighted by molar-refractivity contribution is -0.991. The summed E-state index contributed by atoms with van der Waals surface area (Å²) < 4.78 is 0. The fraction of sp³-hybridized carbons (Fsp3) is 0.231. The molecule has 1 aromatic carbocycles. The van der Waals surface area contributed by atoms with E-state index in [4.69, 9.17) is 17.4 Å². The topological polar surface area (TPSA) is 134 Å². The van der Waals surface area contributed by atoms with Gasteiger partial charge in [0.05, 0.1) is 11.4 Å². The van der Waals surface area contributed by atoms with Crippen LogP contribution in [0.15, 0.2) is 39.5 Å². The minimum atomic E-state index is -1.05. The van der Waals surface area contributed by atoms with Crippen LogP contribution in [0.1, 0.15) is 13.8 Å². The Balaban J connectivity index is 2.20. The van der Waals surface area contributed by atoms with Crippen LogP contribution in [-0.4, -0.2) is 38.9 Å². The van der Waals surface area contributed by atoms with E-state index in [1.54, 1.807) is 6.92 Å². The van der Waals surface area contributed by atoms with E-state index in [-0.39, 0.29) is 10.8 Å². The van der Waals surface area contributed by atoms with Crippen molar-refractivity contribution in [2.24, 2.45) is 15.2 Å². The van der Waals surface area contributed by atoms with Gasteiger partial charge in [0.2, 0.25) is 11.0 Å². The van der Waals surface area contributed by atoms with Crippen LogP contribution < -0.4 is 10.7 Å². The van der Waals surface area contributed by atoms with Gasteiger partial charge in [-0.15, -0.1) is 0 Å². The predicted molar refractivity (Wildman–Crippen MR) is 86.9 cm³/mol. The maximum atomic E-state index is 12.4. The van der Waals surface area contributed by atoms with Crippen LogP contribution >= 0.6 is 12.2 Å². The molecule has 0 radical (unpaired) electrons. The number of hydrogen-bond acceptors (Lipinski definition) is 7. The summed E-state index contributed by atoms with van der Waals surface area (Å²) in [6.07, 6.45) is 0. The monoisotopic (exact) mass is 350 g/mol. The molecule has 0 fully saturated rings. The SMILES string of the molecule is CC(=O)NN1C(=O)[C@H](N=Nc2ccc([NH+]([O-])O)cc2)C(C)=NC1=S. The van der Waals surface area contributed by atoms with Gasteiger partial charge in [0.1, 0.15) is 0 Å². The molecule has 3 N–H and O–H groups in total. The van der Waals surface area contributed by atoms with Gasteiger partial charge >= 0.3 is 0 Å². The number of carbonyl (C=O) groups is 2. The summed E-state index contributed by atoms with van der Waals surface area (Å²) in [5, 5.41) is 27.2. The van der Waals surface area contributed by atoms with Crippen molar-refractivity contribution in [1.82, 2.24) is 10.4 Å². The molecule has 2 atom stereocenters. The quantitative estimate of drug-likeness (QED) is 0.404. The highest BCUT2D eigenvalue weighted by Gasteiger charge is 2.34. The van der Waals surface area contributed by atoms with Gasteiger partial charge in [-0.3, -0.25) is 15.0 Å². The molecule has 2 amide bonds. The first-order valence-electron chi connectivity index (χ1n) is 6.74. The fourth-order valence-corrected chi connectivity index (χ4v) is 2.13. The normalized spacial score (nSPS) is 19.4. The number of hydrogen-bond donors (Lipinski definition) is 3. The molecule has 10 nitrogen and oxygen atoms in total. The van der Waals surface area contributed by atoms with E-state index >= 15 is 0 Å². The second kappa shape index (κ2) is 7.31. The Morgan fingerprint density at radius 1 is 1.46 bits per heavy atom. The lowest BCUT2D eigenvalue weighted by Gasteiger charge is -2.27. The molecule has 1 unspecified atom stereocenters. The zero-order valence-corrected chi connectivity index (χ0v) is 13.6. The number of carbonyl (C=O) groups excluding carboxylic acids is 2. The van der Waals surface area contributed by atoms with Crippen LogP contribution in [0, 0.1) is 5.21 Å². The Labute approximate surface area is 142 Å². The van der Waals surface area contributed by atoms with Crippen LogP contribution in [0.2, 0.25) is 0 Å². The van der Waals surface area contributed by atoms with Gasteiger partial charge in [0, 0.05) is 19.1 Å². The smallest absolute Gasteiger partial charge is 0.280 e. The fourth-order valence-electron chi connectivity index (χ4n) is 1.85. The number of nitrogens with zero attached hydrogens (tertiary/aromatic N) is 4. The second-order valence-corrected chi connectivity index (χ2v) is 5.21. The van der Waals surface area contributed by atoms with E-state index in [9.17, 15) is 14.8 Å². The molecule has 0 saturated heterocycles. The van der Waals surface area contributed by atoms with Gasteiger partial charge in [-0.25, -0.2) is 10.2 Å². The molecular formula is C13H14N6O4S. The third kappa shape index (κ3) is 4.02. The number of azo groups is 1. The maximum absolute atomic E-state index is 12.4. The highest BCUT2D eigenvalue weighted by molar-refractivity contribution is 7.80. The summed E-state index contributed by atoms with van der Waals surface area (Å²) in [5.41, 5.74) is 3.11. The van der Waals surface area contributed by atoms with E-state index in [1.165, 1.54) is 31.2 Å². The van der Waals surface area contributed by atoms with Crippen molar-refractivity contribution in [1.29, 1.82) is 0 Å². The Morgan fingerprint density at radius 2 is 2.08 bits per heavy atom. The average molecular weight is 350 g/mol. The molecule has 1 aromatic rings. The molecule has 1 aliphatic heterocycles. The molecular weight excluding hydrogens is 336 g/mol. The van der Waals surface area contributed by atoms with E-state index in [0.717, 1.165) is 5.01 Å². The van der Waals surface area contributed by atoms with Crippen LogP contribution in [-0.2, 0) is 9.59 Å². The summed E-state index contributed by atoms with van der Waals surface area (Å²) in [6.45, 7) is 2.81. The zero-order chi connectivity index (χ0) is 17.9. The lowest BCUT2D eigenvalue weighted by Crippen LogP contribution is -2.99. The first-order valence-corrected chi connectivity index (χ1v) is 7.15.